The number of hydrogen-bond donors (Lipinski definition) is 1. The van der Waals surface area contributed by atoms with Gasteiger partial charge in [-0.05, 0) is 45.0 Å². The van der Waals surface area contributed by atoms with Crippen molar-refractivity contribution in [2.24, 2.45) is 0 Å². The predicted octanol–water partition coefficient (Wildman–Crippen LogP) is 4.85. The molecule has 0 bridgehead atoms. The van der Waals surface area contributed by atoms with E-state index in [1.165, 1.54) is 12.1 Å². The minimum Gasteiger partial charge on any atom is -0.352 e. The van der Waals surface area contributed by atoms with Gasteiger partial charge in [-0.1, -0.05) is 29.3 Å². The SMILES string of the molecule is Cc1cc(C)cc(C(=O)NCCc2sc(-c3cccc(F)c3)nc2C)c1. The summed E-state index contributed by atoms with van der Waals surface area (Å²) in [4.78, 5) is 18.0. The summed E-state index contributed by atoms with van der Waals surface area (Å²) in [7, 11) is 0. The monoisotopic (exact) mass is 368 g/mol. The van der Waals surface area contributed by atoms with Gasteiger partial charge >= 0.3 is 0 Å². The Bertz CT molecular complexity index is 929. The first-order valence-corrected chi connectivity index (χ1v) is 9.33. The number of carbonyl (C=O) groups excluding carboxylic acids is 1. The first-order valence-electron chi connectivity index (χ1n) is 8.51. The molecule has 0 radical (unpaired) electrons. The van der Waals surface area contributed by atoms with Gasteiger partial charge in [0.05, 0.1) is 5.69 Å². The number of hydrogen-bond acceptors (Lipinski definition) is 3. The maximum Gasteiger partial charge on any atom is 0.251 e. The smallest absolute Gasteiger partial charge is 0.251 e. The molecule has 0 saturated heterocycles. The van der Waals surface area contributed by atoms with Crippen LogP contribution in [-0.2, 0) is 6.42 Å². The van der Waals surface area contributed by atoms with Gasteiger partial charge in [0, 0.05) is 29.0 Å². The van der Waals surface area contributed by atoms with Gasteiger partial charge in [0.25, 0.3) is 5.91 Å². The molecule has 0 aliphatic rings. The van der Waals surface area contributed by atoms with Crippen molar-refractivity contribution >= 4 is 17.2 Å². The Hall–Kier alpha value is -2.53. The zero-order chi connectivity index (χ0) is 18.7. The molecule has 1 N–H and O–H groups in total. The average molecular weight is 368 g/mol. The van der Waals surface area contributed by atoms with Gasteiger partial charge < -0.3 is 5.32 Å². The lowest BCUT2D eigenvalue weighted by molar-refractivity contribution is 0.0954. The second kappa shape index (κ2) is 7.79. The number of aryl methyl sites for hydroxylation is 3. The molecule has 26 heavy (non-hydrogen) atoms. The Kier molecular flexibility index (Phi) is 5.47. The molecule has 1 aromatic heterocycles. The Morgan fingerprint density at radius 3 is 2.54 bits per heavy atom. The van der Waals surface area contributed by atoms with Gasteiger partial charge in [-0.15, -0.1) is 11.3 Å². The van der Waals surface area contributed by atoms with Crippen molar-refractivity contribution in [2.75, 3.05) is 6.54 Å². The van der Waals surface area contributed by atoms with Crippen molar-refractivity contribution in [3.05, 3.63) is 75.5 Å². The van der Waals surface area contributed by atoms with Crippen LogP contribution < -0.4 is 5.32 Å². The number of nitrogens with zero attached hydrogens (tertiary/aromatic N) is 1. The Labute approximate surface area is 156 Å². The maximum atomic E-state index is 13.4. The van der Waals surface area contributed by atoms with Crippen LogP contribution in [0.4, 0.5) is 4.39 Å². The van der Waals surface area contributed by atoms with Crippen LogP contribution in [0.3, 0.4) is 0 Å². The molecule has 1 amide bonds. The maximum absolute atomic E-state index is 13.4. The van der Waals surface area contributed by atoms with Crippen LogP contribution in [-0.4, -0.2) is 17.4 Å². The molecule has 0 unspecified atom stereocenters. The van der Waals surface area contributed by atoms with E-state index in [-0.39, 0.29) is 11.7 Å². The molecule has 0 fully saturated rings. The van der Waals surface area contributed by atoms with E-state index in [4.69, 9.17) is 0 Å². The highest BCUT2D eigenvalue weighted by atomic mass is 32.1. The molecule has 5 heteroatoms. The second-order valence-electron chi connectivity index (χ2n) is 6.42. The fraction of sp³-hybridized carbons (Fsp3) is 0.238. The molecule has 0 aliphatic heterocycles. The van der Waals surface area contributed by atoms with Crippen molar-refractivity contribution in [1.82, 2.24) is 10.3 Å². The molecule has 3 nitrogen and oxygen atoms in total. The summed E-state index contributed by atoms with van der Waals surface area (Å²) in [5, 5.41) is 3.77. The fourth-order valence-electron chi connectivity index (χ4n) is 2.90. The summed E-state index contributed by atoms with van der Waals surface area (Å²) in [5.74, 6) is -0.332. The minimum atomic E-state index is -0.266. The first kappa shape index (κ1) is 18.3. The summed E-state index contributed by atoms with van der Waals surface area (Å²) in [6.45, 7) is 6.45. The molecule has 134 valence electrons. The topological polar surface area (TPSA) is 42.0 Å². The average Bonchev–Trinajstić information content (AvgIpc) is 2.95. The quantitative estimate of drug-likeness (QED) is 0.700. The standard InChI is InChI=1S/C21H21FN2OS/c1-13-9-14(2)11-17(10-13)20(25)23-8-7-19-15(3)24-21(26-19)16-5-4-6-18(22)12-16/h4-6,9-12H,7-8H2,1-3H3,(H,23,25). The normalized spacial score (nSPS) is 10.8. The van der Waals surface area contributed by atoms with Crippen LogP contribution in [0.25, 0.3) is 10.6 Å². The molecule has 1 heterocycles. The van der Waals surface area contributed by atoms with Gasteiger partial charge in [-0.2, -0.15) is 0 Å². The fourth-order valence-corrected chi connectivity index (χ4v) is 3.96. The van der Waals surface area contributed by atoms with Crippen molar-refractivity contribution in [1.29, 1.82) is 0 Å². The number of nitrogens with one attached hydrogen (secondary N) is 1. The van der Waals surface area contributed by atoms with Crippen molar-refractivity contribution < 1.29 is 9.18 Å². The van der Waals surface area contributed by atoms with E-state index < -0.39 is 0 Å². The number of aromatic nitrogens is 1. The number of halogens is 1. The van der Waals surface area contributed by atoms with Crippen molar-refractivity contribution in [3.63, 3.8) is 0 Å². The van der Waals surface area contributed by atoms with Crippen LogP contribution in [0.15, 0.2) is 42.5 Å². The van der Waals surface area contributed by atoms with E-state index >= 15 is 0 Å². The van der Waals surface area contributed by atoms with Crippen LogP contribution in [0.5, 0.6) is 0 Å². The number of benzene rings is 2. The largest absolute Gasteiger partial charge is 0.352 e. The van der Waals surface area contributed by atoms with Crippen LogP contribution in [0.1, 0.15) is 32.1 Å². The van der Waals surface area contributed by atoms with Crippen LogP contribution in [0, 0.1) is 26.6 Å². The molecule has 0 saturated carbocycles. The summed E-state index contributed by atoms with van der Waals surface area (Å²) < 4.78 is 13.4. The molecular weight excluding hydrogens is 347 g/mol. The number of amides is 1. The molecule has 3 rings (SSSR count). The third-order valence-electron chi connectivity index (χ3n) is 4.09. The molecule has 0 aliphatic carbocycles. The van der Waals surface area contributed by atoms with E-state index in [1.54, 1.807) is 17.4 Å². The van der Waals surface area contributed by atoms with Gasteiger partial charge in [-0.25, -0.2) is 9.37 Å². The van der Waals surface area contributed by atoms with Crippen molar-refractivity contribution in [3.8, 4) is 10.6 Å². The van der Waals surface area contributed by atoms with Gasteiger partial charge in [0.2, 0.25) is 0 Å². The van der Waals surface area contributed by atoms with Crippen molar-refractivity contribution in [2.45, 2.75) is 27.2 Å². The van der Waals surface area contributed by atoms with E-state index in [0.717, 1.165) is 32.3 Å². The predicted molar refractivity (Wildman–Crippen MR) is 104 cm³/mol. The van der Waals surface area contributed by atoms with Gasteiger partial charge in [-0.3, -0.25) is 4.79 Å². The third kappa shape index (κ3) is 4.35. The van der Waals surface area contributed by atoms with E-state index in [9.17, 15) is 9.18 Å². The first-order chi connectivity index (χ1) is 12.4. The van der Waals surface area contributed by atoms with Gasteiger partial charge in [0.1, 0.15) is 10.8 Å². The zero-order valence-electron chi connectivity index (χ0n) is 15.1. The Morgan fingerprint density at radius 1 is 1.12 bits per heavy atom. The lowest BCUT2D eigenvalue weighted by Gasteiger charge is -2.06. The summed E-state index contributed by atoms with van der Waals surface area (Å²) in [6, 6.07) is 12.3. The molecule has 3 aromatic rings. The molecule has 2 aromatic carbocycles. The van der Waals surface area contributed by atoms with Gasteiger partial charge in [0.15, 0.2) is 0 Å². The zero-order valence-corrected chi connectivity index (χ0v) is 15.9. The minimum absolute atomic E-state index is 0.0654. The van der Waals surface area contributed by atoms with Crippen LogP contribution in [0.2, 0.25) is 0 Å². The van der Waals surface area contributed by atoms with Crippen LogP contribution >= 0.6 is 11.3 Å². The summed E-state index contributed by atoms with van der Waals surface area (Å²) >= 11 is 1.54. The highest BCUT2D eigenvalue weighted by molar-refractivity contribution is 7.15. The lowest BCUT2D eigenvalue weighted by Crippen LogP contribution is -2.25. The number of rotatable bonds is 5. The second-order valence-corrected chi connectivity index (χ2v) is 7.50. The summed E-state index contributed by atoms with van der Waals surface area (Å²) in [6.07, 6.45) is 0.704. The highest BCUT2D eigenvalue weighted by Gasteiger charge is 2.11. The molecule has 0 spiro atoms. The summed E-state index contributed by atoms with van der Waals surface area (Å²) in [5.41, 5.74) is 4.55. The molecule has 0 atom stereocenters. The third-order valence-corrected chi connectivity index (χ3v) is 5.35. The number of carbonyl (C=O) groups is 1. The highest BCUT2D eigenvalue weighted by Crippen LogP contribution is 2.28. The van der Waals surface area contributed by atoms with E-state index in [0.29, 0.717) is 18.5 Å². The molecular formula is C21H21FN2OS. The van der Waals surface area contributed by atoms with E-state index in [1.807, 2.05) is 45.0 Å². The van der Waals surface area contributed by atoms with E-state index in [2.05, 4.69) is 10.3 Å². The Morgan fingerprint density at radius 2 is 1.85 bits per heavy atom. The Balaban J connectivity index is 1.64. The lowest BCUT2D eigenvalue weighted by atomic mass is 10.1. The number of thiazole rings is 1.